The minimum Gasteiger partial charge on any atom is -0.480 e. The number of aliphatic carboxylic acids is 1. The largest absolute Gasteiger partial charge is 0.480 e. The number of hydrogen-bond donors (Lipinski definition) is 1. The molecule has 1 aromatic rings. The zero-order chi connectivity index (χ0) is 15.6. The van der Waals surface area contributed by atoms with Crippen LogP contribution in [0.25, 0.3) is 0 Å². The molecule has 0 aliphatic heterocycles. The van der Waals surface area contributed by atoms with Crippen molar-refractivity contribution in [3.05, 3.63) is 29.8 Å². The Labute approximate surface area is 123 Å². The number of benzene rings is 1. The van der Waals surface area contributed by atoms with Crippen molar-refractivity contribution in [1.29, 1.82) is 0 Å². The third-order valence-electron chi connectivity index (χ3n) is 3.52. The Morgan fingerprint density at radius 2 is 1.86 bits per heavy atom. The Kier molecular flexibility index (Phi) is 4.26. The van der Waals surface area contributed by atoms with Crippen molar-refractivity contribution in [2.45, 2.75) is 25.8 Å². The molecule has 0 unspecified atom stereocenters. The maximum Gasteiger partial charge on any atom is 0.323 e. The summed E-state index contributed by atoms with van der Waals surface area (Å²) in [6, 6.07) is 6.74. The molecule has 2 rings (SSSR count). The third-order valence-corrected chi connectivity index (χ3v) is 3.52. The Hall–Kier alpha value is -2.37. The van der Waals surface area contributed by atoms with E-state index >= 15 is 0 Å². The number of anilines is 1. The van der Waals surface area contributed by atoms with Crippen molar-refractivity contribution in [1.82, 2.24) is 4.90 Å². The number of nitrogens with zero attached hydrogens (tertiary/aromatic N) is 2. The van der Waals surface area contributed by atoms with E-state index in [1.165, 1.54) is 16.7 Å². The fraction of sp³-hybridized carbons (Fsp3) is 0.400. The lowest BCUT2D eigenvalue weighted by atomic mass is 10.1. The quantitative estimate of drug-likeness (QED) is 0.888. The zero-order valence-corrected chi connectivity index (χ0v) is 12.1. The lowest BCUT2D eigenvalue weighted by Crippen LogP contribution is -2.38. The second-order valence-electron chi connectivity index (χ2n) is 5.15. The van der Waals surface area contributed by atoms with E-state index < -0.39 is 5.97 Å². The number of carbonyl (C=O) groups is 3. The molecule has 21 heavy (non-hydrogen) atoms. The molecule has 0 bridgehead atoms. The summed E-state index contributed by atoms with van der Waals surface area (Å²) in [6.07, 6.45) is 1.65. The lowest BCUT2D eigenvalue weighted by molar-refractivity contribution is -0.137. The van der Waals surface area contributed by atoms with Crippen molar-refractivity contribution in [3.8, 4) is 0 Å². The number of para-hydroxylation sites is 1. The van der Waals surface area contributed by atoms with Gasteiger partial charge in [-0.3, -0.25) is 14.4 Å². The van der Waals surface area contributed by atoms with Gasteiger partial charge in [-0.1, -0.05) is 12.1 Å². The summed E-state index contributed by atoms with van der Waals surface area (Å²) in [5.74, 6) is -1.57. The molecule has 1 fully saturated rings. The van der Waals surface area contributed by atoms with Gasteiger partial charge in [0.1, 0.15) is 6.54 Å². The number of hydrogen-bond acceptors (Lipinski definition) is 3. The Bertz CT molecular complexity index is 581. The first-order valence-corrected chi connectivity index (χ1v) is 6.78. The van der Waals surface area contributed by atoms with E-state index in [2.05, 4.69) is 0 Å². The summed E-state index contributed by atoms with van der Waals surface area (Å²) in [7, 11) is 1.59. The number of carbonyl (C=O) groups excluding carboxylic acids is 2. The van der Waals surface area contributed by atoms with Crippen LogP contribution >= 0.6 is 0 Å². The van der Waals surface area contributed by atoms with Crippen LogP contribution in [0.1, 0.15) is 30.1 Å². The van der Waals surface area contributed by atoms with Gasteiger partial charge in [0.25, 0.3) is 5.91 Å². The molecule has 1 saturated carbocycles. The molecule has 1 aliphatic rings. The van der Waals surface area contributed by atoms with Crippen LogP contribution < -0.4 is 4.90 Å². The summed E-state index contributed by atoms with van der Waals surface area (Å²) >= 11 is 0. The first-order valence-electron chi connectivity index (χ1n) is 6.78. The van der Waals surface area contributed by atoms with Gasteiger partial charge in [0.15, 0.2) is 0 Å². The molecule has 1 aliphatic carbocycles. The average Bonchev–Trinajstić information content (AvgIpc) is 3.27. The molecule has 112 valence electrons. The lowest BCUT2D eigenvalue weighted by Gasteiger charge is -2.24. The van der Waals surface area contributed by atoms with Crippen LogP contribution in [-0.2, 0) is 9.59 Å². The number of rotatable bonds is 5. The second-order valence-corrected chi connectivity index (χ2v) is 5.15. The van der Waals surface area contributed by atoms with Crippen LogP contribution in [0.2, 0.25) is 0 Å². The van der Waals surface area contributed by atoms with Crippen molar-refractivity contribution in [2.75, 3.05) is 18.5 Å². The topological polar surface area (TPSA) is 77.9 Å². The SMILES string of the molecule is CC(=O)N(C)c1ccccc1C(=O)N(CC(=O)O)C1CC1. The first-order chi connectivity index (χ1) is 9.91. The van der Waals surface area contributed by atoms with Crippen LogP contribution in [0.3, 0.4) is 0 Å². The predicted octanol–water partition coefficient (Wildman–Crippen LogP) is 1.36. The van der Waals surface area contributed by atoms with E-state index in [1.807, 2.05) is 0 Å². The molecule has 1 N–H and O–H groups in total. The van der Waals surface area contributed by atoms with E-state index in [0.29, 0.717) is 11.3 Å². The van der Waals surface area contributed by atoms with Crippen LogP contribution in [-0.4, -0.2) is 47.4 Å². The van der Waals surface area contributed by atoms with Crippen molar-refractivity contribution in [2.24, 2.45) is 0 Å². The molecule has 0 spiro atoms. The van der Waals surface area contributed by atoms with Crippen LogP contribution in [0.5, 0.6) is 0 Å². The molecule has 2 amide bonds. The van der Waals surface area contributed by atoms with E-state index in [9.17, 15) is 14.4 Å². The maximum atomic E-state index is 12.6. The summed E-state index contributed by atoms with van der Waals surface area (Å²) in [4.78, 5) is 37.9. The van der Waals surface area contributed by atoms with Gasteiger partial charge in [-0.15, -0.1) is 0 Å². The molecular weight excluding hydrogens is 272 g/mol. The van der Waals surface area contributed by atoms with Gasteiger partial charge in [0.05, 0.1) is 11.3 Å². The molecule has 0 radical (unpaired) electrons. The van der Waals surface area contributed by atoms with E-state index in [1.54, 1.807) is 31.3 Å². The van der Waals surface area contributed by atoms with E-state index in [-0.39, 0.29) is 24.4 Å². The normalized spacial score (nSPS) is 13.6. The van der Waals surface area contributed by atoms with Gasteiger partial charge in [-0.05, 0) is 25.0 Å². The molecule has 6 heteroatoms. The van der Waals surface area contributed by atoms with Gasteiger partial charge >= 0.3 is 5.97 Å². The van der Waals surface area contributed by atoms with Gasteiger partial charge in [-0.25, -0.2) is 0 Å². The maximum absolute atomic E-state index is 12.6. The Morgan fingerprint density at radius 3 is 2.38 bits per heavy atom. The van der Waals surface area contributed by atoms with Crippen molar-refractivity contribution >= 4 is 23.5 Å². The van der Waals surface area contributed by atoms with Gasteiger partial charge in [0, 0.05) is 20.0 Å². The molecule has 0 aromatic heterocycles. The molecule has 0 heterocycles. The zero-order valence-electron chi connectivity index (χ0n) is 12.1. The second kappa shape index (κ2) is 5.95. The molecule has 0 atom stereocenters. The predicted molar refractivity (Wildman–Crippen MR) is 77.2 cm³/mol. The monoisotopic (exact) mass is 290 g/mol. The van der Waals surface area contributed by atoms with E-state index in [0.717, 1.165) is 12.8 Å². The van der Waals surface area contributed by atoms with Crippen LogP contribution in [0.15, 0.2) is 24.3 Å². The Morgan fingerprint density at radius 1 is 1.24 bits per heavy atom. The fourth-order valence-corrected chi connectivity index (χ4v) is 2.17. The number of carboxylic acid groups (broad SMARTS) is 1. The standard InChI is InChI=1S/C15H18N2O4/c1-10(18)16(2)13-6-4-3-5-12(13)15(21)17(9-14(19)20)11-7-8-11/h3-6,11H,7-9H2,1-2H3,(H,19,20). The van der Waals surface area contributed by atoms with Crippen molar-refractivity contribution < 1.29 is 19.5 Å². The summed E-state index contributed by atoms with van der Waals surface area (Å²) in [6.45, 7) is 1.10. The smallest absolute Gasteiger partial charge is 0.323 e. The molecule has 0 saturated heterocycles. The van der Waals surface area contributed by atoms with Gasteiger partial charge < -0.3 is 14.9 Å². The highest BCUT2D eigenvalue weighted by Crippen LogP contribution is 2.30. The number of carboxylic acids is 1. The summed E-state index contributed by atoms with van der Waals surface area (Å²) in [5.41, 5.74) is 0.842. The van der Waals surface area contributed by atoms with Crippen molar-refractivity contribution in [3.63, 3.8) is 0 Å². The molecule has 1 aromatic carbocycles. The first kappa shape index (κ1) is 15.0. The van der Waals surface area contributed by atoms with Crippen LogP contribution in [0, 0.1) is 0 Å². The summed E-state index contributed by atoms with van der Waals surface area (Å²) < 4.78 is 0. The Balaban J connectivity index is 2.33. The average molecular weight is 290 g/mol. The molecule has 6 nitrogen and oxygen atoms in total. The van der Waals surface area contributed by atoms with E-state index in [4.69, 9.17) is 5.11 Å². The summed E-state index contributed by atoms with van der Waals surface area (Å²) in [5, 5.41) is 8.96. The molecular formula is C15H18N2O4. The third kappa shape index (κ3) is 3.39. The van der Waals surface area contributed by atoms with Crippen LogP contribution in [0.4, 0.5) is 5.69 Å². The minimum atomic E-state index is -1.03. The minimum absolute atomic E-state index is 0.00992. The number of amides is 2. The van der Waals surface area contributed by atoms with Gasteiger partial charge in [0.2, 0.25) is 5.91 Å². The highest BCUT2D eigenvalue weighted by atomic mass is 16.4. The highest BCUT2D eigenvalue weighted by Gasteiger charge is 2.35. The highest BCUT2D eigenvalue weighted by molar-refractivity contribution is 6.05. The fourth-order valence-electron chi connectivity index (χ4n) is 2.17. The van der Waals surface area contributed by atoms with Gasteiger partial charge in [-0.2, -0.15) is 0 Å².